The minimum Gasteiger partial charge on any atom is -0.393 e. The van der Waals surface area contributed by atoms with Gasteiger partial charge in [-0.2, -0.15) is 0 Å². The predicted molar refractivity (Wildman–Crippen MR) is 104 cm³/mol. The summed E-state index contributed by atoms with van der Waals surface area (Å²) in [7, 11) is 0. The molecule has 0 spiro atoms. The van der Waals surface area contributed by atoms with E-state index < -0.39 is 0 Å². The van der Waals surface area contributed by atoms with Crippen molar-refractivity contribution in [2.75, 3.05) is 29.9 Å². The number of anilines is 2. The first-order valence-corrected chi connectivity index (χ1v) is 9.44. The Kier molecular flexibility index (Phi) is 7.12. The Balaban J connectivity index is 1.96. The first-order chi connectivity index (χ1) is 11.9. The summed E-state index contributed by atoms with van der Waals surface area (Å²) in [4.78, 5) is 14.7. The fourth-order valence-electron chi connectivity index (χ4n) is 3.52. The lowest BCUT2D eigenvalue weighted by Gasteiger charge is -2.27. The topological polar surface area (TPSA) is 64.6 Å². The molecule has 25 heavy (non-hydrogen) atoms. The molecule has 1 aliphatic heterocycles. The van der Waals surface area contributed by atoms with E-state index in [4.69, 9.17) is 0 Å². The highest BCUT2D eigenvalue weighted by molar-refractivity contribution is 5.93. The predicted octanol–water partition coefficient (Wildman–Crippen LogP) is 3.99. The summed E-state index contributed by atoms with van der Waals surface area (Å²) in [6.45, 7) is 8.48. The summed E-state index contributed by atoms with van der Waals surface area (Å²) in [5.74, 6) is 0. The molecule has 140 valence electrons. The smallest absolute Gasteiger partial charge is 0.319 e. The maximum Gasteiger partial charge on any atom is 0.319 e. The van der Waals surface area contributed by atoms with Crippen LogP contribution in [0.4, 0.5) is 16.2 Å². The Morgan fingerprint density at radius 3 is 2.48 bits per heavy atom. The van der Waals surface area contributed by atoms with Gasteiger partial charge in [0.2, 0.25) is 0 Å². The molecule has 1 saturated heterocycles. The van der Waals surface area contributed by atoms with Crippen LogP contribution in [0.1, 0.15) is 52.9 Å². The second-order valence-electron chi connectivity index (χ2n) is 7.94. The van der Waals surface area contributed by atoms with E-state index in [9.17, 15) is 9.90 Å². The molecular weight excluding hydrogens is 314 g/mol. The number of hydrogen-bond acceptors (Lipinski definition) is 3. The van der Waals surface area contributed by atoms with E-state index in [-0.39, 0.29) is 17.6 Å². The van der Waals surface area contributed by atoms with Gasteiger partial charge in [0, 0.05) is 19.6 Å². The van der Waals surface area contributed by atoms with Gasteiger partial charge in [-0.1, -0.05) is 38.8 Å². The van der Waals surface area contributed by atoms with Crippen LogP contribution in [-0.4, -0.2) is 36.9 Å². The van der Waals surface area contributed by atoms with Gasteiger partial charge in [-0.05, 0) is 43.7 Å². The van der Waals surface area contributed by atoms with Gasteiger partial charge >= 0.3 is 6.03 Å². The van der Waals surface area contributed by atoms with E-state index in [0.717, 1.165) is 24.5 Å². The molecule has 1 aromatic rings. The van der Waals surface area contributed by atoms with Crippen molar-refractivity contribution in [3.8, 4) is 0 Å². The highest BCUT2D eigenvalue weighted by Crippen LogP contribution is 2.28. The molecule has 1 atom stereocenters. The number of aliphatic hydroxyl groups excluding tert-OH is 1. The highest BCUT2D eigenvalue weighted by Gasteiger charge is 2.21. The van der Waals surface area contributed by atoms with Crippen LogP contribution in [0.15, 0.2) is 24.3 Å². The molecule has 1 aromatic carbocycles. The summed E-state index contributed by atoms with van der Waals surface area (Å²) < 4.78 is 0. The minimum absolute atomic E-state index is 0.143. The van der Waals surface area contributed by atoms with Crippen LogP contribution >= 0.6 is 0 Å². The Bertz CT molecular complexity index is 550. The van der Waals surface area contributed by atoms with Gasteiger partial charge in [0.15, 0.2) is 0 Å². The number of nitrogens with zero attached hydrogens (tertiary/aromatic N) is 1. The third-order valence-electron chi connectivity index (χ3n) is 4.67. The van der Waals surface area contributed by atoms with Crippen LogP contribution in [0.25, 0.3) is 0 Å². The zero-order chi connectivity index (χ0) is 18.3. The van der Waals surface area contributed by atoms with Gasteiger partial charge in [0.05, 0.1) is 17.5 Å². The van der Waals surface area contributed by atoms with E-state index in [1.54, 1.807) is 6.92 Å². The van der Waals surface area contributed by atoms with Gasteiger partial charge in [0.25, 0.3) is 0 Å². The molecule has 1 heterocycles. The molecule has 1 fully saturated rings. The average Bonchev–Trinajstić information content (AvgIpc) is 2.82. The number of amides is 2. The number of rotatable bonds is 6. The normalized spacial score (nSPS) is 16.9. The Hall–Kier alpha value is -1.75. The van der Waals surface area contributed by atoms with Crippen LogP contribution in [0.3, 0.4) is 0 Å². The first-order valence-electron chi connectivity index (χ1n) is 9.44. The van der Waals surface area contributed by atoms with Crippen molar-refractivity contribution in [1.29, 1.82) is 0 Å². The zero-order valence-electron chi connectivity index (χ0n) is 15.8. The second-order valence-corrected chi connectivity index (χ2v) is 7.94. The third-order valence-corrected chi connectivity index (χ3v) is 4.67. The standard InChI is InChI=1S/C20H33N3O2/c1-16(24)14-20(2,3)15-21-19(25)22-17-10-6-7-11-18(17)23-12-8-4-5-9-13-23/h6-7,10-11,16,24H,4-5,8-9,12-15H2,1-3H3,(H2,21,22,25). The lowest BCUT2D eigenvalue weighted by Crippen LogP contribution is -2.38. The second kappa shape index (κ2) is 9.09. The molecule has 0 aliphatic carbocycles. The number of carbonyl (C=O) groups is 1. The zero-order valence-corrected chi connectivity index (χ0v) is 15.8. The van der Waals surface area contributed by atoms with Crippen LogP contribution in [0, 0.1) is 5.41 Å². The summed E-state index contributed by atoms with van der Waals surface area (Å²) in [6.07, 6.45) is 5.25. The van der Waals surface area contributed by atoms with E-state index in [0.29, 0.717) is 13.0 Å². The largest absolute Gasteiger partial charge is 0.393 e. The number of benzene rings is 1. The Morgan fingerprint density at radius 1 is 1.20 bits per heavy atom. The average molecular weight is 348 g/mol. The molecular formula is C20H33N3O2. The highest BCUT2D eigenvalue weighted by atomic mass is 16.3. The molecule has 1 aliphatic rings. The van der Waals surface area contributed by atoms with Crippen LogP contribution in [-0.2, 0) is 0 Å². The van der Waals surface area contributed by atoms with Gasteiger partial charge in [-0.3, -0.25) is 0 Å². The lowest BCUT2D eigenvalue weighted by molar-refractivity contribution is 0.129. The molecule has 0 bridgehead atoms. The summed E-state index contributed by atoms with van der Waals surface area (Å²) in [5.41, 5.74) is 1.81. The van der Waals surface area contributed by atoms with Crippen molar-refractivity contribution in [2.24, 2.45) is 5.41 Å². The van der Waals surface area contributed by atoms with Gasteiger partial charge in [-0.15, -0.1) is 0 Å². The Morgan fingerprint density at radius 2 is 1.84 bits per heavy atom. The van der Waals surface area contributed by atoms with Crippen LogP contribution < -0.4 is 15.5 Å². The molecule has 2 rings (SSSR count). The van der Waals surface area contributed by atoms with Gasteiger partial charge in [0.1, 0.15) is 0 Å². The van der Waals surface area contributed by atoms with Crippen molar-refractivity contribution in [1.82, 2.24) is 5.32 Å². The van der Waals surface area contributed by atoms with E-state index in [2.05, 4.69) is 21.6 Å². The van der Waals surface area contributed by atoms with Crippen molar-refractivity contribution in [3.05, 3.63) is 24.3 Å². The number of urea groups is 1. The molecule has 3 N–H and O–H groups in total. The van der Waals surface area contributed by atoms with Crippen LogP contribution in [0.5, 0.6) is 0 Å². The van der Waals surface area contributed by atoms with Crippen molar-refractivity contribution >= 4 is 17.4 Å². The SMILES string of the molecule is CC(O)CC(C)(C)CNC(=O)Nc1ccccc1N1CCCCCC1. The number of nitrogens with one attached hydrogen (secondary N) is 2. The fraction of sp³-hybridized carbons (Fsp3) is 0.650. The monoisotopic (exact) mass is 347 g/mol. The molecule has 5 nitrogen and oxygen atoms in total. The molecule has 0 saturated carbocycles. The minimum atomic E-state index is -0.372. The first kappa shape index (κ1) is 19.6. The van der Waals surface area contributed by atoms with Crippen molar-refractivity contribution < 1.29 is 9.90 Å². The molecule has 2 amide bonds. The molecule has 5 heteroatoms. The van der Waals surface area contributed by atoms with E-state index in [1.165, 1.54) is 25.7 Å². The van der Waals surface area contributed by atoms with Crippen LogP contribution in [0.2, 0.25) is 0 Å². The summed E-state index contributed by atoms with van der Waals surface area (Å²) >= 11 is 0. The van der Waals surface area contributed by atoms with Crippen molar-refractivity contribution in [3.63, 3.8) is 0 Å². The number of aliphatic hydroxyl groups is 1. The van der Waals surface area contributed by atoms with E-state index >= 15 is 0 Å². The number of para-hydroxylation sites is 2. The quantitative estimate of drug-likeness (QED) is 0.729. The molecule has 0 radical (unpaired) electrons. The third kappa shape index (κ3) is 6.58. The van der Waals surface area contributed by atoms with Gasteiger partial charge in [-0.25, -0.2) is 4.79 Å². The van der Waals surface area contributed by atoms with Gasteiger partial charge < -0.3 is 20.6 Å². The summed E-state index contributed by atoms with van der Waals surface area (Å²) in [5, 5.41) is 15.5. The van der Waals surface area contributed by atoms with E-state index in [1.807, 2.05) is 32.0 Å². The summed E-state index contributed by atoms with van der Waals surface area (Å²) in [6, 6.07) is 7.82. The molecule has 1 unspecified atom stereocenters. The maximum absolute atomic E-state index is 12.3. The maximum atomic E-state index is 12.3. The fourth-order valence-corrected chi connectivity index (χ4v) is 3.52. The van der Waals surface area contributed by atoms with Crippen molar-refractivity contribution in [2.45, 2.75) is 59.0 Å². The number of carbonyl (C=O) groups excluding carboxylic acids is 1. The lowest BCUT2D eigenvalue weighted by atomic mass is 9.87. The Labute approximate surface area is 151 Å². The molecule has 0 aromatic heterocycles. The number of hydrogen-bond donors (Lipinski definition) is 3.